The van der Waals surface area contributed by atoms with Crippen LogP contribution in [0.4, 0.5) is 0 Å². The third-order valence-electron chi connectivity index (χ3n) is 2.15. The summed E-state index contributed by atoms with van der Waals surface area (Å²) in [7, 11) is 0. The molecular formula is C14H18O4. The summed E-state index contributed by atoms with van der Waals surface area (Å²) in [5.74, 6) is 0.501. The molecule has 18 heavy (non-hydrogen) atoms. The van der Waals surface area contributed by atoms with E-state index in [4.69, 9.17) is 14.2 Å². The summed E-state index contributed by atoms with van der Waals surface area (Å²) in [4.78, 5) is 10.5. The summed E-state index contributed by atoms with van der Waals surface area (Å²) in [6.07, 6.45) is 1.78. The third-order valence-corrected chi connectivity index (χ3v) is 2.15. The van der Waals surface area contributed by atoms with Crippen LogP contribution in [0.2, 0.25) is 0 Å². The van der Waals surface area contributed by atoms with E-state index in [9.17, 15) is 4.79 Å². The summed E-state index contributed by atoms with van der Waals surface area (Å²) >= 11 is 0. The minimum absolute atomic E-state index is 0.281. The third kappa shape index (κ3) is 6.06. The summed E-state index contributed by atoms with van der Waals surface area (Å²) in [6, 6.07) is 7.64. The number of hydrogen-bond donors (Lipinski definition) is 0. The van der Waals surface area contributed by atoms with Crippen molar-refractivity contribution in [2.45, 2.75) is 6.92 Å². The molecule has 4 nitrogen and oxygen atoms in total. The van der Waals surface area contributed by atoms with Crippen LogP contribution < -0.4 is 4.74 Å². The standard InChI is InChI=1S/C14H18O4/c1-3-13-4-6-14(7-5-13)18-11-9-16-8-10-17-12(2)15/h3-7H,1,8-11H2,2H3. The lowest BCUT2D eigenvalue weighted by molar-refractivity contribution is -0.142. The minimum Gasteiger partial charge on any atom is -0.491 e. The van der Waals surface area contributed by atoms with Crippen molar-refractivity contribution in [2.24, 2.45) is 0 Å². The molecular weight excluding hydrogens is 232 g/mol. The highest BCUT2D eigenvalue weighted by atomic mass is 16.6. The van der Waals surface area contributed by atoms with Gasteiger partial charge < -0.3 is 14.2 Å². The van der Waals surface area contributed by atoms with Crippen LogP contribution in [0.5, 0.6) is 5.75 Å². The molecule has 98 valence electrons. The van der Waals surface area contributed by atoms with Crippen LogP contribution in [0.25, 0.3) is 6.08 Å². The molecule has 1 aromatic carbocycles. The van der Waals surface area contributed by atoms with Crippen LogP contribution in [0.1, 0.15) is 12.5 Å². The predicted octanol–water partition coefficient (Wildman–Crippen LogP) is 2.29. The lowest BCUT2D eigenvalue weighted by Crippen LogP contribution is -2.12. The molecule has 0 N–H and O–H groups in total. The van der Waals surface area contributed by atoms with Gasteiger partial charge in [-0.05, 0) is 17.7 Å². The van der Waals surface area contributed by atoms with Crippen LogP contribution in [0.15, 0.2) is 30.8 Å². The molecule has 1 rings (SSSR count). The molecule has 0 spiro atoms. The first-order chi connectivity index (χ1) is 8.72. The van der Waals surface area contributed by atoms with Gasteiger partial charge in [0.25, 0.3) is 0 Å². The first-order valence-electron chi connectivity index (χ1n) is 5.79. The maximum Gasteiger partial charge on any atom is 0.302 e. The first-order valence-corrected chi connectivity index (χ1v) is 5.79. The highest BCUT2D eigenvalue weighted by Gasteiger charge is 1.95. The topological polar surface area (TPSA) is 44.8 Å². The van der Waals surface area contributed by atoms with Crippen molar-refractivity contribution >= 4 is 12.0 Å². The number of carbonyl (C=O) groups excluding carboxylic acids is 1. The van der Waals surface area contributed by atoms with Gasteiger partial charge >= 0.3 is 5.97 Å². The highest BCUT2D eigenvalue weighted by Crippen LogP contribution is 2.12. The highest BCUT2D eigenvalue weighted by molar-refractivity contribution is 5.65. The van der Waals surface area contributed by atoms with Gasteiger partial charge in [-0.2, -0.15) is 0 Å². The fourth-order valence-corrected chi connectivity index (χ4v) is 1.26. The Balaban J connectivity index is 2.06. The van der Waals surface area contributed by atoms with Crippen molar-refractivity contribution in [3.8, 4) is 5.75 Å². The van der Waals surface area contributed by atoms with E-state index in [0.717, 1.165) is 11.3 Å². The van der Waals surface area contributed by atoms with Crippen LogP contribution in [-0.2, 0) is 14.3 Å². The molecule has 0 radical (unpaired) electrons. The maximum absolute atomic E-state index is 10.5. The van der Waals surface area contributed by atoms with E-state index >= 15 is 0 Å². The first kappa shape index (κ1) is 14.3. The minimum atomic E-state index is -0.294. The molecule has 0 aromatic heterocycles. The van der Waals surface area contributed by atoms with E-state index in [-0.39, 0.29) is 12.6 Å². The van der Waals surface area contributed by atoms with E-state index in [2.05, 4.69) is 6.58 Å². The zero-order valence-corrected chi connectivity index (χ0v) is 10.6. The van der Waals surface area contributed by atoms with Crippen molar-refractivity contribution in [3.63, 3.8) is 0 Å². The van der Waals surface area contributed by atoms with Gasteiger partial charge in [-0.3, -0.25) is 4.79 Å². The largest absolute Gasteiger partial charge is 0.491 e. The van der Waals surface area contributed by atoms with Crippen molar-refractivity contribution < 1.29 is 19.0 Å². The molecule has 0 unspecified atom stereocenters. The molecule has 0 heterocycles. The Labute approximate surface area is 107 Å². The molecule has 0 amide bonds. The van der Waals surface area contributed by atoms with Crippen molar-refractivity contribution in [1.82, 2.24) is 0 Å². The molecule has 0 bridgehead atoms. The summed E-state index contributed by atoms with van der Waals surface area (Å²) in [6.45, 7) is 6.65. The Morgan fingerprint density at radius 2 is 1.83 bits per heavy atom. The zero-order valence-electron chi connectivity index (χ0n) is 10.6. The fraction of sp³-hybridized carbons (Fsp3) is 0.357. The lowest BCUT2D eigenvalue weighted by atomic mass is 10.2. The second-order valence-corrected chi connectivity index (χ2v) is 3.57. The van der Waals surface area contributed by atoms with Gasteiger partial charge in [0, 0.05) is 6.92 Å². The number of hydrogen-bond acceptors (Lipinski definition) is 4. The summed E-state index contributed by atoms with van der Waals surface area (Å²) < 4.78 is 15.4. The Morgan fingerprint density at radius 3 is 2.44 bits per heavy atom. The smallest absolute Gasteiger partial charge is 0.302 e. The number of carbonyl (C=O) groups is 1. The van der Waals surface area contributed by atoms with E-state index in [0.29, 0.717) is 19.8 Å². The van der Waals surface area contributed by atoms with Gasteiger partial charge in [0.2, 0.25) is 0 Å². The Morgan fingerprint density at radius 1 is 1.17 bits per heavy atom. The fourth-order valence-electron chi connectivity index (χ4n) is 1.26. The predicted molar refractivity (Wildman–Crippen MR) is 69.5 cm³/mol. The van der Waals surface area contributed by atoms with Gasteiger partial charge in [0.1, 0.15) is 19.0 Å². The van der Waals surface area contributed by atoms with Crippen LogP contribution >= 0.6 is 0 Å². The Bertz CT molecular complexity index is 370. The van der Waals surface area contributed by atoms with E-state index < -0.39 is 0 Å². The van der Waals surface area contributed by atoms with Gasteiger partial charge in [-0.15, -0.1) is 0 Å². The SMILES string of the molecule is C=Cc1ccc(OCCOCCOC(C)=O)cc1. The van der Waals surface area contributed by atoms with Gasteiger partial charge in [-0.1, -0.05) is 24.8 Å². The Kier molecular flexibility index (Phi) is 6.58. The molecule has 0 fully saturated rings. The molecule has 0 atom stereocenters. The van der Waals surface area contributed by atoms with Crippen molar-refractivity contribution in [3.05, 3.63) is 36.4 Å². The second kappa shape index (κ2) is 8.31. The number of esters is 1. The van der Waals surface area contributed by atoms with Crippen LogP contribution in [0, 0.1) is 0 Å². The summed E-state index contributed by atoms with van der Waals surface area (Å²) in [5.41, 5.74) is 1.06. The Hall–Kier alpha value is -1.81. The van der Waals surface area contributed by atoms with E-state index in [1.807, 2.05) is 24.3 Å². The van der Waals surface area contributed by atoms with Crippen molar-refractivity contribution in [2.75, 3.05) is 26.4 Å². The van der Waals surface area contributed by atoms with Gasteiger partial charge in [0.05, 0.1) is 13.2 Å². The molecule has 0 saturated carbocycles. The number of rotatable bonds is 8. The molecule has 0 aliphatic heterocycles. The molecule has 0 aliphatic carbocycles. The lowest BCUT2D eigenvalue weighted by Gasteiger charge is -2.07. The maximum atomic E-state index is 10.5. The van der Waals surface area contributed by atoms with Crippen LogP contribution in [0.3, 0.4) is 0 Å². The average molecular weight is 250 g/mol. The van der Waals surface area contributed by atoms with Gasteiger partial charge in [-0.25, -0.2) is 0 Å². The molecule has 0 saturated heterocycles. The van der Waals surface area contributed by atoms with E-state index in [1.54, 1.807) is 6.08 Å². The normalized spacial score (nSPS) is 9.83. The average Bonchev–Trinajstić information content (AvgIpc) is 2.38. The summed E-state index contributed by atoms with van der Waals surface area (Å²) in [5, 5.41) is 0. The zero-order chi connectivity index (χ0) is 13.2. The number of benzene rings is 1. The molecule has 0 aliphatic rings. The monoisotopic (exact) mass is 250 g/mol. The molecule has 1 aromatic rings. The number of ether oxygens (including phenoxy) is 3. The van der Waals surface area contributed by atoms with E-state index in [1.165, 1.54) is 6.92 Å². The molecule has 4 heteroatoms. The van der Waals surface area contributed by atoms with Crippen molar-refractivity contribution in [1.29, 1.82) is 0 Å². The van der Waals surface area contributed by atoms with Crippen LogP contribution in [-0.4, -0.2) is 32.4 Å². The second-order valence-electron chi connectivity index (χ2n) is 3.57. The van der Waals surface area contributed by atoms with Gasteiger partial charge in [0.15, 0.2) is 0 Å². The quantitative estimate of drug-likeness (QED) is 0.524.